The number of nitrogen functional groups attached to an aromatic ring is 1. The van der Waals surface area contributed by atoms with Gasteiger partial charge in [-0.3, -0.25) is 0 Å². The smallest absolute Gasteiger partial charge is 0.0396 e. The van der Waals surface area contributed by atoms with Gasteiger partial charge < -0.3 is 5.73 Å². The van der Waals surface area contributed by atoms with Crippen molar-refractivity contribution >= 4 is 16.5 Å². The Hall–Kier alpha value is -1.50. The Morgan fingerprint density at radius 3 is 2.43 bits per heavy atom. The van der Waals surface area contributed by atoms with Crippen molar-refractivity contribution in [3.05, 3.63) is 42.0 Å². The van der Waals surface area contributed by atoms with Crippen LogP contribution in [0.25, 0.3) is 10.8 Å². The molecule has 1 saturated carbocycles. The van der Waals surface area contributed by atoms with E-state index in [1.165, 1.54) is 29.2 Å². The molecule has 1 fully saturated rings. The van der Waals surface area contributed by atoms with Crippen LogP contribution in [0.2, 0.25) is 0 Å². The molecule has 1 aliphatic rings. The lowest BCUT2D eigenvalue weighted by Gasteiger charge is -2.07. The van der Waals surface area contributed by atoms with Gasteiger partial charge in [-0.05, 0) is 35.8 Å². The second kappa shape index (κ2) is 2.74. The third kappa shape index (κ3) is 1.09. The van der Waals surface area contributed by atoms with Gasteiger partial charge in [-0.2, -0.15) is 0 Å². The summed E-state index contributed by atoms with van der Waals surface area (Å²) in [6.45, 7) is 0. The van der Waals surface area contributed by atoms with E-state index in [0.717, 1.165) is 11.6 Å². The molecule has 0 radical (unpaired) electrons. The molecule has 0 amide bonds. The summed E-state index contributed by atoms with van der Waals surface area (Å²) in [6, 6.07) is 12.6. The standard InChI is InChI=1S/C13H13N/c14-12-6-2-4-10-3-1-5-11(13(10)12)9-7-8-9/h1-6,9H,7-8,14H2. The van der Waals surface area contributed by atoms with Gasteiger partial charge in [-0.1, -0.05) is 30.3 Å². The molecule has 2 aromatic rings. The van der Waals surface area contributed by atoms with Crippen LogP contribution in [-0.4, -0.2) is 0 Å². The monoisotopic (exact) mass is 183 g/mol. The topological polar surface area (TPSA) is 26.0 Å². The highest BCUT2D eigenvalue weighted by molar-refractivity contribution is 5.96. The minimum Gasteiger partial charge on any atom is -0.398 e. The molecule has 14 heavy (non-hydrogen) atoms. The van der Waals surface area contributed by atoms with E-state index in [0.29, 0.717) is 0 Å². The van der Waals surface area contributed by atoms with E-state index in [-0.39, 0.29) is 0 Å². The molecule has 1 heteroatoms. The molecule has 2 N–H and O–H groups in total. The lowest BCUT2D eigenvalue weighted by molar-refractivity contribution is 1.15. The van der Waals surface area contributed by atoms with Gasteiger partial charge in [0.1, 0.15) is 0 Å². The largest absolute Gasteiger partial charge is 0.398 e. The first kappa shape index (κ1) is 7.86. The van der Waals surface area contributed by atoms with Gasteiger partial charge in [0.15, 0.2) is 0 Å². The Balaban J connectivity index is 2.37. The summed E-state index contributed by atoms with van der Waals surface area (Å²) in [7, 11) is 0. The van der Waals surface area contributed by atoms with E-state index < -0.39 is 0 Å². The Morgan fingerprint density at radius 2 is 1.71 bits per heavy atom. The lowest BCUT2D eigenvalue weighted by atomic mass is 10.00. The third-order valence-electron chi connectivity index (χ3n) is 2.99. The Labute approximate surface area is 83.5 Å². The van der Waals surface area contributed by atoms with Crippen LogP contribution in [0.4, 0.5) is 5.69 Å². The zero-order valence-corrected chi connectivity index (χ0v) is 8.03. The van der Waals surface area contributed by atoms with Crippen molar-refractivity contribution in [3.63, 3.8) is 0 Å². The van der Waals surface area contributed by atoms with Crippen molar-refractivity contribution < 1.29 is 0 Å². The molecular formula is C13H13N. The average Bonchev–Trinajstić information content (AvgIpc) is 3.01. The first-order chi connectivity index (χ1) is 6.86. The predicted octanol–water partition coefficient (Wildman–Crippen LogP) is 3.30. The van der Waals surface area contributed by atoms with Gasteiger partial charge in [0, 0.05) is 11.1 Å². The molecule has 0 saturated heterocycles. The highest BCUT2D eigenvalue weighted by atomic mass is 14.6. The number of benzene rings is 2. The highest BCUT2D eigenvalue weighted by Crippen LogP contribution is 2.44. The SMILES string of the molecule is Nc1cccc2cccc(C3CC3)c12. The molecule has 0 unspecified atom stereocenters. The summed E-state index contributed by atoms with van der Waals surface area (Å²) in [5.41, 5.74) is 8.39. The first-order valence-corrected chi connectivity index (χ1v) is 5.13. The number of anilines is 1. The zero-order valence-electron chi connectivity index (χ0n) is 8.03. The van der Waals surface area contributed by atoms with Crippen LogP contribution in [0, 0.1) is 0 Å². The fourth-order valence-electron chi connectivity index (χ4n) is 2.13. The van der Waals surface area contributed by atoms with Gasteiger partial charge in [0.05, 0.1) is 0 Å². The van der Waals surface area contributed by atoms with Crippen molar-refractivity contribution in [2.75, 3.05) is 5.73 Å². The van der Waals surface area contributed by atoms with Crippen molar-refractivity contribution in [1.82, 2.24) is 0 Å². The van der Waals surface area contributed by atoms with E-state index in [1.807, 2.05) is 12.1 Å². The number of hydrogen-bond donors (Lipinski definition) is 1. The molecule has 0 aromatic heterocycles. The second-order valence-corrected chi connectivity index (χ2v) is 4.07. The molecule has 2 aromatic carbocycles. The average molecular weight is 183 g/mol. The van der Waals surface area contributed by atoms with Crippen molar-refractivity contribution in [1.29, 1.82) is 0 Å². The second-order valence-electron chi connectivity index (χ2n) is 4.07. The predicted molar refractivity (Wildman–Crippen MR) is 60.3 cm³/mol. The molecular weight excluding hydrogens is 170 g/mol. The summed E-state index contributed by atoms with van der Waals surface area (Å²) in [5, 5.41) is 2.55. The van der Waals surface area contributed by atoms with Crippen molar-refractivity contribution in [2.24, 2.45) is 0 Å². The molecule has 0 heterocycles. The van der Waals surface area contributed by atoms with Crippen molar-refractivity contribution in [3.8, 4) is 0 Å². The Kier molecular flexibility index (Phi) is 1.54. The van der Waals surface area contributed by atoms with Gasteiger partial charge in [0.25, 0.3) is 0 Å². The van der Waals surface area contributed by atoms with Crippen molar-refractivity contribution in [2.45, 2.75) is 18.8 Å². The van der Waals surface area contributed by atoms with Crippen LogP contribution >= 0.6 is 0 Å². The van der Waals surface area contributed by atoms with Crippen LogP contribution < -0.4 is 5.73 Å². The van der Waals surface area contributed by atoms with E-state index in [4.69, 9.17) is 5.73 Å². The zero-order chi connectivity index (χ0) is 9.54. The summed E-state index contributed by atoms with van der Waals surface area (Å²) >= 11 is 0. The molecule has 0 atom stereocenters. The Morgan fingerprint density at radius 1 is 1.00 bits per heavy atom. The van der Waals surface area contributed by atoms with E-state index in [2.05, 4.69) is 24.3 Å². The van der Waals surface area contributed by atoms with Gasteiger partial charge in [-0.25, -0.2) is 0 Å². The van der Waals surface area contributed by atoms with Crippen LogP contribution in [0.15, 0.2) is 36.4 Å². The third-order valence-corrected chi connectivity index (χ3v) is 2.99. The first-order valence-electron chi connectivity index (χ1n) is 5.13. The minimum atomic E-state index is 0.767. The number of hydrogen-bond acceptors (Lipinski definition) is 1. The van der Waals surface area contributed by atoms with Gasteiger partial charge >= 0.3 is 0 Å². The van der Waals surface area contributed by atoms with E-state index in [9.17, 15) is 0 Å². The quantitative estimate of drug-likeness (QED) is 0.674. The molecule has 0 bridgehead atoms. The molecule has 70 valence electrons. The maximum absolute atomic E-state index is 6.02. The number of rotatable bonds is 1. The number of nitrogens with two attached hydrogens (primary N) is 1. The molecule has 1 nitrogen and oxygen atoms in total. The summed E-state index contributed by atoms with van der Waals surface area (Å²) in [4.78, 5) is 0. The fourth-order valence-corrected chi connectivity index (χ4v) is 2.13. The maximum Gasteiger partial charge on any atom is 0.0396 e. The highest BCUT2D eigenvalue weighted by Gasteiger charge is 2.25. The van der Waals surface area contributed by atoms with Gasteiger partial charge in [-0.15, -0.1) is 0 Å². The fraction of sp³-hybridized carbons (Fsp3) is 0.231. The molecule has 0 spiro atoms. The minimum absolute atomic E-state index is 0.767. The van der Waals surface area contributed by atoms with E-state index >= 15 is 0 Å². The summed E-state index contributed by atoms with van der Waals surface area (Å²) in [5.74, 6) is 0.767. The van der Waals surface area contributed by atoms with E-state index in [1.54, 1.807) is 0 Å². The molecule has 1 aliphatic carbocycles. The van der Waals surface area contributed by atoms with Crippen LogP contribution in [0.3, 0.4) is 0 Å². The van der Waals surface area contributed by atoms with Gasteiger partial charge in [0.2, 0.25) is 0 Å². The maximum atomic E-state index is 6.02. The summed E-state index contributed by atoms with van der Waals surface area (Å²) < 4.78 is 0. The molecule has 3 rings (SSSR count). The van der Waals surface area contributed by atoms with Crippen LogP contribution in [-0.2, 0) is 0 Å². The summed E-state index contributed by atoms with van der Waals surface area (Å²) in [6.07, 6.45) is 2.65. The number of fused-ring (bicyclic) bond motifs is 1. The normalized spacial score (nSPS) is 16.0. The van der Waals surface area contributed by atoms with Crippen LogP contribution in [0.5, 0.6) is 0 Å². The Bertz CT molecular complexity index is 478. The lowest BCUT2D eigenvalue weighted by Crippen LogP contribution is -1.90. The molecule has 0 aliphatic heterocycles. The van der Waals surface area contributed by atoms with Crippen LogP contribution in [0.1, 0.15) is 24.3 Å².